The van der Waals surface area contributed by atoms with Crippen molar-refractivity contribution in [1.82, 2.24) is 19.7 Å². The summed E-state index contributed by atoms with van der Waals surface area (Å²) in [6.45, 7) is 3.61. The molecule has 0 aliphatic heterocycles. The molecule has 0 bridgehead atoms. The molecule has 0 saturated heterocycles. The first-order chi connectivity index (χ1) is 13.5. The van der Waals surface area contributed by atoms with E-state index in [0.717, 1.165) is 21.3 Å². The number of anilines is 1. The molecule has 0 fully saturated rings. The summed E-state index contributed by atoms with van der Waals surface area (Å²) in [5.41, 5.74) is 2.98. The molecule has 4 rings (SSSR count). The van der Waals surface area contributed by atoms with E-state index in [1.165, 1.54) is 22.1 Å². The number of aryl methyl sites for hydroxylation is 1. The van der Waals surface area contributed by atoms with Gasteiger partial charge in [-0.1, -0.05) is 23.5 Å². The zero-order chi connectivity index (χ0) is 19.7. The Labute approximate surface area is 164 Å². The number of benzene rings is 1. The molecular weight excluding hydrogens is 374 g/mol. The third-order valence-corrected chi connectivity index (χ3v) is 5.33. The van der Waals surface area contributed by atoms with Crippen LogP contribution in [0.3, 0.4) is 0 Å². The number of nitrogens with zero attached hydrogens (tertiary/aromatic N) is 4. The van der Waals surface area contributed by atoms with Crippen molar-refractivity contribution in [2.24, 2.45) is 0 Å². The van der Waals surface area contributed by atoms with Crippen LogP contribution in [-0.2, 0) is 4.79 Å². The first kappa shape index (κ1) is 18.0. The van der Waals surface area contributed by atoms with Gasteiger partial charge in [-0.15, -0.1) is 0 Å². The SMILES string of the molecule is Cc1cccc2sc(NC(=O)C(C)n3nc(-c4ccncc4)ccc3=O)nc12. The highest BCUT2D eigenvalue weighted by molar-refractivity contribution is 7.22. The lowest BCUT2D eigenvalue weighted by Crippen LogP contribution is -2.33. The first-order valence-corrected chi connectivity index (χ1v) is 9.52. The van der Waals surface area contributed by atoms with Gasteiger partial charge >= 0.3 is 0 Å². The number of amides is 1. The number of hydrogen-bond acceptors (Lipinski definition) is 6. The van der Waals surface area contributed by atoms with Crippen molar-refractivity contribution in [1.29, 1.82) is 0 Å². The number of aromatic nitrogens is 4. The number of pyridine rings is 1. The Morgan fingerprint density at radius 3 is 2.68 bits per heavy atom. The molecule has 7 nitrogen and oxygen atoms in total. The molecule has 0 spiro atoms. The Hall–Kier alpha value is -3.39. The Morgan fingerprint density at radius 2 is 1.93 bits per heavy atom. The number of para-hydroxylation sites is 1. The minimum absolute atomic E-state index is 0.347. The summed E-state index contributed by atoms with van der Waals surface area (Å²) in [7, 11) is 0. The molecule has 1 unspecified atom stereocenters. The molecule has 28 heavy (non-hydrogen) atoms. The van der Waals surface area contributed by atoms with Crippen LogP contribution in [0.25, 0.3) is 21.5 Å². The molecule has 3 aromatic heterocycles. The lowest BCUT2D eigenvalue weighted by molar-refractivity contribution is -0.119. The largest absolute Gasteiger partial charge is 0.300 e. The number of fused-ring (bicyclic) bond motifs is 1. The Balaban J connectivity index is 1.61. The van der Waals surface area contributed by atoms with Gasteiger partial charge in [-0.3, -0.25) is 14.6 Å². The second-order valence-electron chi connectivity index (χ2n) is 6.34. The standard InChI is InChI=1S/C20H17N5O2S/c1-12-4-3-5-16-18(12)22-20(28-16)23-19(27)13(2)25-17(26)7-6-15(24-25)14-8-10-21-11-9-14/h3-11,13H,1-2H3,(H,22,23,27). The average molecular weight is 391 g/mol. The third-order valence-electron chi connectivity index (χ3n) is 4.40. The lowest BCUT2D eigenvalue weighted by atomic mass is 10.2. The molecule has 0 saturated carbocycles. The molecule has 1 amide bonds. The highest BCUT2D eigenvalue weighted by Gasteiger charge is 2.20. The van der Waals surface area contributed by atoms with Crippen molar-refractivity contribution in [3.8, 4) is 11.3 Å². The first-order valence-electron chi connectivity index (χ1n) is 8.70. The van der Waals surface area contributed by atoms with Gasteiger partial charge < -0.3 is 5.32 Å². The minimum atomic E-state index is -0.789. The molecule has 1 N–H and O–H groups in total. The van der Waals surface area contributed by atoms with Gasteiger partial charge in [-0.05, 0) is 43.7 Å². The van der Waals surface area contributed by atoms with Gasteiger partial charge in [0.1, 0.15) is 6.04 Å². The summed E-state index contributed by atoms with van der Waals surface area (Å²) in [6, 6.07) is 11.7. The van der Waals surface area contributed by atoms with Gasteiger partial charge in [0.15, 0.2) is 5.13 Å². The van der Waals surface area contributed by atoms with Crippen LogP contribution in [-0.4, -0.2) is 25.7 Å². The van der Waals surface area contributed by atoms with Gasteiger partial charge in [0.05, 0.1) is 15.9 Å². The van der Waals surface area contributed by atoms with E-state index < -0.39 is 6.04 Å². The monoisotopic (exact) mass is 391 g/mol. The molecule has 140 valence electrons. The van der Waals surface area contributed by atoms with E-state index >= 15 is 0 Å². The molecular formula is C20H17N5O2S. The van der Waals surface area contributed by atoms with E-state index in [1.54, 1.807) is 37.5 Å². The van der Waals surface area contributed by atoms with Crippen LogP contribution in [0.15, 0.2) is 59.7 Å². The van der Waals surface area contributed by atoms with Crippen molar-refractivity contribution in [3.63, 3.8) is 0 Å². The highest BCUT2D eigenvalue weighted by atomic mass is 32.1. The van der Waals surface area contributed by atoms with Crippen LogP contribution in [0.1, 0.15) is 18.5 Å². The average Bonchev–Trinajstić information content (AvgIpc) is 3.12. The Kier molecular flexibility index (Phi) is 4.70. The quantitative estimate of drug-likeness (QED) is 0.576. The highest BCUT2D eigenvalue weighted by Crippen LogP contribution is 2.28. The number of carbonyl (C=O) groups is 1. The van der Waals surface area contributed by atoms with Gasteiger partial charge in [0, 0.05) is 24.0 Å². The molecule has 4 aromatic rings. The molecule has 3 heterocycles. The maximum atomic E-state index is 12.7. The Bertz CT molecular complexity index is 1220. The minimum Gasteiger partial charge on any atom is -0.300 e. The number of hydrogen-bond donors (Lipinski definition) is 1. The molecule has 0 radical (unpaired) electrons. The zero-order valence-electron chi connectivity index (χ0n) is 15.3. The lowest BCUT2D eigenvalue weighted by Gasteiger charge is -2.14. The number of rotatable bonds is 4. The van der Waals surface area contributed by atoms with Gasteiger partial charge in [-0.25, -0.2) is 9.67 Å². The zero-order valence-corrected chi connectivity index (χ0v) is 16.1. The van der Waals surface area contributed by atoms with Crippen LogP contribution >= 0.6 is 11.3 Å². The number of thiazole rings is 1. The van der Waals surface area contributed by atoms with E-state index in [4.69, 9.17) is 0 Å². The van der Waals surface area contributed by atoms with E-state index in [1.807, 2.05) is 25.1 Å². The summed E-state index contributed by atoms with van der Waals surface area (Å²) in [5.74, 6) is -0.349. The molecule has 8 heteroatoms. The smallest absolute Gasteiger partial charge is 0.267 e. The van der Waals surface area contributed by atoms with Crippen LogP contribution in [0, 0.1) is 6.92 Å². The van der Waals surface area contributed by atoms with Crippen LogP contribution in [0.2, 0.25) is 0 Å². The van der Waals surface area contributed by atoms with Crippen molar-refractivity contribution in [2.45, 2.75) is 19.9 Å². The maximum Gasteiger partial charge on any atom is 0.267 e. The van der Waals surface area contributed by atoms with Gasteiger partial charge in [-0.2, -0.15) is 5.10 Å². The summed E-state index contributed by atoms with van der Waals surface area (Å²) in [6.07, 6.45) is 3.30. The van der Waals surface area contributed by atoms with Crippen LogP contribution in [0.5, 0.6) is 0 Å². The molecule has 0 aliphatic carbocycles. The fourth-order valence-corrected chi connectivity index (χ4v) is 3.79. The third kappa shape index (κ3) is 3.41. The fourth-order valence-electron chi connectivity index (χ4n) is 2.84. The maximum absolute atomic E-state index is 12.7. The van der Waals surface area contributed by atoms with Gasteiger partial charge in [0.2, 0.25) is 0 Å². The topological polar surface area (TPSA) is 89.8 Å². The normalized spacial score (nSPS) is 12.1. The summed E-state index contributed by atoms with van der Waals surface area (Å²) in [4.78, 5) is 33.5. The number of nitrogens with one attached hydrogen (secondary N) is 1. The summed E-state index contributed by atoms with van der Waals surface area (Å²) < 4.78 is 2.18. The van der Waals surface area contributed by atoms with E-state index in [2.05, 4.69) is 20.4 Å². The molecule has 0 aliphatic rings. The Morgan fingerprint density at radius 1 is 1.14 bits per heavy atom. The van der Waals surface area contributed by atoms with E-state index in [9.17, 15) is 9.59 Å². The van der Waals surface area contributed by atoms with E-state index in [-0.39, 0.29) is 11.5 Å². The van der Waals surface area contributed by atoms with Crippen molar-refractivity contribution in [2.75, 3.05) is 5.32 Å². The predicted octanol–water partition coefficient (Wildman–Crippen LogP) is 3.42. The molecule has 1 aromatic carbocycles. The summed E-state index contributed by atoms with van der Waals surface area (Å²) >= 11 is 1.40. The van der Waals surface area contributed by atoms with Crippen LogP contribution < -0.4 is 10.9 Å². The predicted molar refractivity (Wildman–Crippen MR) is 109 cm³/mol. The fraction of sp³-hybridized carbons (Fsp3) is 0.150. The second kappa shape index (κ2) is 7.32. The summed E-state index contributed by atoms with van der Waals surface area (Å²) in [5, 5.41) is 7.66. The van der Waals surface area contributed by atoms with Crippen molar-refractivity contribution < 1.29 is 4.79 Å². The van der Waals surface area contributed by atoms with Gasteiger partial charge in [0.25, 0.3) is 11.5 Å². The van der Waals surface area contributed by atoms with Crippen LogP contribution in [0.4, 0.5) is 5.13 Å². The second-order valence-corrected chi connectivity index (χ2v) is 7.37. The number of carbonyl (C=O) groups excluding carboxylic acids is 1. The van der Waals surface area contributed by atoms with Crippen molar-refractivity contribution in [3.05, 3.63) is 70.8 Å². The van der Waals surface area contributed by atoms with Crippen molar-refractivity contribution >= 4 is 32.6 Å². The molecule has 1 atom stereocenters. The van der Waals surface area contributed by atoms with E-state index in [0.29, 0.717) is 10.8 Å².